The molecule has 2 N–H and O–H groups in total. The van der Waals surface area contributed by atoms with E-state index in [-0.39, 0.29) is 18.7 Å². The summed E-state index contributed by atoms with van der Waals surface area (Å²) in [4.78, 5) is 17.0. The van der Waals surface area contributed by atoms with Gasteiger partial charge >= 0.3 is 0 Å². The number of benzene rings is 1. The topological polar surface area (TPSA) is 80.7 Å². The molecule has 2 aliphatic rings. The van der Waals surface area contributed by atoms with Crippen LogP contribution < -0.4 is 14.8 Å². The Balaban J connectivity index is 1.44. The lowest BCUT2D eigenvalue weighted by Gasteiger charge is -2.36. The second-order valence-electron chi connectivity index (χ2n) is 7.80. The van der Waals surface area contributed by atoms with Gasteiger partial charge in [0.2, 0.25) is 6.79 Å². The number of nitrogens with one attached hydrogen (secondary N) is 1. The molecule has 1 fully saturated rings. The van der Waals surface area contributed by atoms with Crippen LogP contribution in [-0.4, -0.2) is 34.4 Å². The summed E-state index contributed by atoms with van der Waals surface area (Å²) in [5, 5.41) is 14.1. The molecule has 0 unspecified atom stereocenters. The van der Waals surface area contributed by atoms with E-state index < -0.39 is 5.60 Å². The molecule has 2 aromatic rings. The number of nitrogens with zero attached hydrogens (tertiary/aromatic N) is 1. The van der Waals surface area contributed by atoms with Crippen LogP contribution in [0.3, 0.4) is 0 Å². The molecule has 138 valence electrons. The van der Waals surface area contributed by atoms with Gasteiger partial charge in [0, 0.05) is 23.7 Å². The Morgan fingerprint density at radius 3 is 2.54 bits per heavy atom. The van der Waals surface area contributed by atoms with Crippen molar-refractivity contribution in [3.8, 4) is 11.5 Å². The molecule has 0 spiro atoms. The van der Waals surface area contributed by atoms with E-state index in [9.17, 15) is 9.90 Å². The van der Waals surface area contributed by atoms with Gasteiger partial charge in [-0.1, -0.05) is 0 Å². The lowest BCUT2D eigenvalue weighted by Crippen LogP contribution is -2.41. The molecule has 1 aliphatic carbocycles. The molecule has 0 radical (unpaired) electrons. The minimum Gasteiger partial charge on any atom is -0.454 e. The molecule has 2 heterocycles. The van der Waals surface area contributed by atoms with Gasteiger partial charge in [-0.05, 0) is 57.6 Å². The highest BCUT2D eigenvalue weighted by Gasteiger charge is 2.31. The van der Waals surface area contributed by atoms with Crippen LogP contribution in [0.25, 0.3) is 10.9 Å². The number of ether oxygens (including phenoxy) is 2. The normalized spacial score (nSPS) is 22.4. The first kappa shape index (κ1) is 17.1. The highest BCUT2D eigenvalue weighted by atomic mass is 16.7. The van der Waals surface area contributed by atoms with Crippen molar-refractivity contribution in [2.24, 2.45) is 5.92 Å². The van der Waals surface area contributed by atoms with E-state index in [0.717, 1.165) is 36.6 Å². The fourth-order valence-corrected chi connectivity index (χ4v) is 3.86. The van der Waals surface area contributed by atoms with Crippen LogP contribution in [0.15, 0.2) is 24.4 Å². The zero-order chi connectivity index (χ0) is 18.3. The molecule has 1 amide bonds. The molecule has 1 aromatic heterocycles. The van der Waals surface area contributed by atoms with E-state index in [2.05, 4.69) is 10.3 Å². The zero-order valence-electron chi connectivity index (χ0n) is 15.1. The van der Waals surface area contributed by atoms with E-state index in [0.29, 0.717) is 23.0 Å². The van der Waals surface area contributed by atoms with Crippen LogP contribution in [0.2, 0.25) is 0 Å². The van der Waals surface area contributed by atoms with Crippen molar-refractivity contribution < 1.29 is 19.4 Å². The molecule has 0 atom stereocenters. The SMILES string of the molecule is CC(C)(O)C1CCC(NC(=O)c2cnc3cc4c(cc3c2)OCO4)CC1. The van der Waals surface area contributed by atoms with Crippen molar-refractivity contribution in [1.82, 2.24) is 10.3 Å². The number of amides is 1. The molecule has 4 rings (SSSR count). The number of aliphatic hydroxyl groups is 1. The van der Waals surface area contributed by atoms with Gasteiger partial charge in [-0.25, -0.2) is 0 Å². The first-order valence-corrected chi connectivity index (χ1v) is 9.13. The number of hydrogen-bond acceptors (Lipinski definition) is 5. The second kappa shape index (κ2) is 6.43. The van der Waals surface area contributed by atoms with Gasteiger partial charge in [0.05, 0.1) is 16.7 Å². The van der Waals surface area contributed by atoms with Gasteiger partial charge in [0.1, 0.15) is 0 Å². The Bertz CT molecular complexity index is 836. The summed E-state index contributed by atoms with van der Waals surface area (Å²) in [5.74, 6) is 1.55. The van der Waals surface area contributed by atoms with Crippen LogP contribution in [0, 0.1) is 5.92 Å². The Morgan fingerprint density at radius 1 is 1.15 bits per heavy atom. The van der Waals surface area contributed by atoms with E-state index in [1.165, 1.54) is 0 Å². The van der Waals surface area contributed by atoms with Gasteiger partial charge in [-0.2, -0.15) is 0 Å². The first-order chi connectivity index (χ1) is 12.4. The highest BCUT2D eigenvalue weighted by molar-refractivity contribution is 5.98. The fraction of sp³-hybridized carbons (Fsp3) is 0.500. The summed E-state index contributed by atoms with van der Waals surface area (Å²) in [5.41, 5.74) is 0.668. The zero-order valence-corrected chi connectivity index (χ0v) is 15.1. The maximum absolute atomic E-state index is 12.6. The summed E-state index contributed by atoms with van der Waals surface area (Å²) in [6.07, 6.45) is 5.23. The second-order valence-corrected chi connectivity index (χ2v) is 7.80. The van der Waals surface area contributed by atoms with Crippen molar-refractivity contribution in [2.45, 2.75) is 51.2 Å². The maximum Gasteiger partial charge on any atom is 0.253 e. The molecule has 6 heteroatoms. The Morgan fingerprint density at radius 2 is 1.85 bits per heavy atom. The van der Waals surface area contributed by atoms with Gasteiger partial charge in [-0.3, -0.25) is 9.78 Å². The largest absolute Gasteiger partial charge is 0.454 e. The van der Waals surface area contributed by atoms with Gasteiger partial charge in [-0.15, -0.1) is 0 Å². The molecule has 1 aromatic carbocycles. The van der Waals surface area contributed by atoms with Crippen LogP contribution in [-0.2, 0) is 0 Å². The minimum atomic E-state index is -0.650. The quantitative estimate of drug-likeness (QED) is 0.884. The van der Waals surface area contributed by atoms with E-state index in [1.54, 1.807) is 6.20 Å². The third-order valence-corrected chi connectivity index (χ3v) is 5.50. The molecule has 1 aliphatic heterocycles. The molecule has 0 bridgehead atoms. The summed E-state index contributed by atoms with van der Waals surface area (Å²) in [6, 6.07) is 5.67. The van der Waals surface area contributed by atoms with Crippen molar-refractivity contribution in [3.63, 3.8) is 0 Å². The van der Waals surface area contributed by atoms with Gasteiger partial charge in [0.25, 0.3) is 5.91 Å². The van der Waals surface area contributed by atoms with Gasteiger partial charge in [0.15, 0.2) is 11.5 Å². The number of hydrogen-bond donors (Lipinski definition) is 2. The van der Waals surface area contributed by atoms with E-state index >= 15 is 0 Å². The third kappa shape index (κ3) is 3.33. The Kier molecular flexibility index (Phi) is 4.23. The predicted molar refractivity (Wildman–Crippen MR) is 97.4 cm³/mol. The van der Waals surface area contributed by atoms with Crippen LogP contribution in [0.4, 0.5) is 0 Å². The summed E-state index contributed by atoms with van der Waals surface area (Å²) in [6.45, 7) is 3.94. The van der Waals surface area contributed by atoms with Crippen molar-refractivity contribution >= 4 is 16.8 Å². The maximum atomic E-state index is 12.6. The van der Waals surface area contributed by atoms with Crippen molar-refractivity contribution in [1.29, 1.82) is 0 Å². The average molecular weight is 356 g/mol. The smallest absolute Gasteiger partial charge is 0.253 e. The monoisotopic (exact) mass is 356 g/mol. The lowest BCUT2D eigenvalue weighted by molar-refractivity contribution is -0.00257. The molecule has 1 saturated carbocycles. The number of pyridine rings is 1. The molecular weight excluding hydrogens is 332 g/mol. The number of carbonyl (C=O) groups is 1. The van der Waals surface area contributed by atoms with Crippen LogP contribution >= 0.6 is 0 Å². The summed E-state index contributed by atoms with van der Waals surface area (Å²) >= 11 is 0. The minimum absolute atomic E-state index is 0.108. The third-order valence-electron chi connectivity index (χ3n) is 5.50. The molecular formula is C20H24N2O4. The molecule has 26 heavy (non-hydrogen) atoms. The molecule has 6 nitrogen and oxygen atoms in total. The Labute approximate surface area is 152 Å². The number of carbonyl (C=O) groups excluding carboxylic acids is 1. The summed E-state index contributed by atoms with van der Waals surface area (Å²) in [7, 11) is 0. The fourth-order valence-electron chi connectivity index (χ4n) is 3.86. The first-order valence-electron chi connectivity index (χ1n) is 9.13. The van der Waals surface area contributed by atoms with Crippen molar-refractivity contribution in [3.05, 3.63) is 30.0 Å². The predicted octanol–water partition coefficient (Wildman–Crippen LogP) is 3.02. The van der Waals surface area contributed by atoms with Crippen molar-refractivity contribution in [2.75, 3.05) is 6.79 Å². The molecule has 0 saturated heterocycles. The van der Waals surface area contributed by atoms with Crippen LogP contribution in [0.1, 0.15) is 49.9 Å². The highest BCUT2D eigenvalue weighted by Crippen LogP contribution is 2.36. The summed E-state index contributed by atoms with van der Waals surface area (Å²) < 4.78 is 10.8. The van der Waals surface area contributed by atoms with Gasteiger partial charge < -0.3 is 19.9 Å². The van der Waals surface area contributed by atoms with E-state index in [1.807, 2.05) is 32.0 Å². The Hall–Kier alpha value is -2.34. The standard InChI is InChI=1S/C20H24N2O4/c1-20(2,24)14-3-5-15(6-4-14)22-19(23)13-7-12-8-17-18(26-11-25-17)9-16(12)21-10-13/h7-10,14-15,24H,3-6,11H2,1-2H3,(H,22,23). The lowest BCUT2D eigenvalue weighted by atomic mass is 9.77. The van der Waals surface area contributed by atoms with E-state index in [4.69, 9.17) is 9.47 Å². The average Bonchev–Trinajstić information content (AvgIpc) is 3.06. The number of rotatable bonds is 3. The number of aromatic nitrogens is 1. The number of fused-ring (bicyclic) bond motifs is 2. The van der Waals surface area contributed by atoms with Crippen LogP contribution in [0.5, 0.6) is 11.5 Å².